The van der Waals surface area contributed by atoms with E-state index in [9.17, 15) is 9.59 Å². The number of amides is 3. The molecule has 1 heterocycles. The zero-order valence-electron chi connectivity index (χ0n) is 13.3. The molecule has 126 valence electrons. The van der Waals surface area contributed by atoms with E-state index in [1.165, 1.54) is 0 Å². The number of methoxy groups -OCH3 is 1. The zero-order valence-corrected chi connectivity index (χ0v) is 13.3. The summed E-state index contributed by atoms with van der Waals surface area (Å²) < 4.78 is 10.7. The summed E-state index contributed by atoms with van der Waals surface area (Å²) in [6, 6.07) is 7.19. The van der Waals surface area contributed by atoms with Crippen LogP contribution in [0.25, 0.3) is 0 Å². The molecule has 0 saturated carbocycles. The van der Waals surface area contributed by atoms with Gasteiger partial charge in [-0.15, -0.1) is 0 Å². The molecule has 7 heteroatoms. The third-order valence-corrected chi connectivity index (χ3v) is 3.80. The van der Waals surface area contributed by atoms with Crippen LogP contribution in [-0.4, -0.2) is 50.2 Å². The maximum atomic E-state index is 11.9. The van der Waals surface area contributed by atoms with E-state index in [4.69, 9.17) is 15.2 Å². The van der Waals surface area contributed by atoms with Crippen LogP contribution in [-0.2, 0) is 4.79 Å². The Labute approximate surface area is 135 Å². The molecule has 1 aromatic rings. The predicted molar refractivity (Wildman–Crippen MR) is 85.4 cm³/mol. The third-order valence-electron chi connectivity index (χ3n) is 3.80. The van der Waals surface area contributed by atoms with Gasteiger partial charge in [0, 0.05) is 19.6 Å². The van der Waals surface area contributed by atoms with E-state index < -0.39 is 0 Å². The molecule has 1 fully saturated rings. The average molecular weight is 321 g/mol. The lowest BCUT2D eigenvalue weighted by molar-refractivity contribution is -0.121. The molecule has 1 saturated heterocycles. The van der Waals surface area contributed by atoms with Gasteiger partial charge in [-0.25, -0.2) is 4.79 Å². The molecule has 23 heavy (non-hydrogen) atoms. The van der Waals surface area contributed by atoms with Gasteiger partial charge in [0.25, 0.3) is 0 Å². The molecule has 0 radical (unpaired) electrons. The summed E-state index contributed by atoms with van der Waals surface area (Å²) in [6.07, 6.45) is 1.34. The monoisotopic (exact) mass is 321 g/mol. The van der Waals surface area contributed by atoms with E-state index in [-0.39, 0.29) is 17.9 Å². The molecule has 3 N–H and O–H groups in total. The second-order valence-electron chi connectivity index (χ2n) is 5.44. The van der Waals surface area contributed by atoms with Gasteiger partial charge in [-0.3, -0.25) is 4.79 Å². The summed E-state index contributed by atoms with van der Waals surface area (Å²) in [7, 11) is 1.62. The molecule has 1 atom stereocenters. The normalized spacial score (nSPS) is 16.9. The number of carbonyl (C=O) groups is 2. The Bertz CT molecular complexity index is 533. The third kappa shape index (κ3) is 5.05. The van der Waals surface area contributed by atoms with Crippen molar-refractivity contribution in [2.45, 2.75) is 12.8 Å². The summed E-state index contributed by atoms with van der Waals surface area (Å²) >= 11 is 0. The molecular weight excluding hydrogens is 298 g/mol. The minimum absolute atomic E-state index is 0.154. The zero-order chi connectivity index (χ0) is 16.7. The van der Waals surface area contributed by atoms with Crippen LogP contribution in [0.3, 0.4) is 0 Å². The lowest BCUT2D eigenvalue weighted by atomic mass is 10.1. The molecule has 3 amide bonds. The van der Waals surface area contributed by atoms with E-state index in [1.54, 1.807) is 12.0 Å². The summed E-state index contributed by atoms with van der Waals surface area (Å²) in [5.41, 5.74) is 5.25. The van der Waals surface area contributed by atoms with Crippen molar-refractivity contribution in [3.63, 3.8) is 0 Å². The highest BCUT2D eigenvalue weighted by atomic mass is 16.5. The topological polar surface area (TPSA) is 93.9 Å². The fourth-order valence-electron chi connectivity index (χ4n) is 2.42. The van der Waals surface area contributed by atoms with Crippen molar-refractivity contribution in [3.05, 3.63) is 24.3 Å². The Hall–Kier alpha value is -2.44. The van der Waals surface area contributed by atoms with Crippen LogP contribution >= 0.6 is 0 Å². The smallest absolute Gasteiger partial charge is 0.317 e. The molecule has 7 nitrogen and oxygen atoms in total. The van der Waals surface area contributed by atoms with Crippen LogP contribution in [0.2, 0.25) is 0 Å². The Kier molecular flexibility index (Phi) is 6.08. The van der Waals surface area contributed by atoms with Crippen molar-refractivity contribution in [2.24, 2.45) is 11.7 Å². The Morgan fingerprint density at radius 3 is 2.61 bits per heavy atom. The second kappa shape index (κ2) is 8.26. The van der Waals surface area contributed by atoms with Gasteiger partial charge in [0.1, 0.15) is 11.5 Å². The van der Waals surface area contributed by atoms with Crippen molar-refractivity contribution in [2.75, 3.05) is 33.4 Å². The first-order chi connectivity index (χ1) is 11.1. The number of nitrogens with one attached hydrogen (secondary N) is 1. The largest absolute Gasteiger partial charge is 0.497 e. The summed E-state index contributed by atoms with van der Waals surface area (Å²) in [4.78, 5) is 24.6. The van der Waals surface area contributed by atoms with Crippen LogP contribution in [0.5, 0.6) is 11.5 Å². The van der Waals surface area contributed by atoms with Gasteiger partial charge in [0.15, 0.2) is 0 Å². The van der Waals surface area contributed by atoms with Gasteiger partial charge >= 0.3 is 6.03 Å². The molecule has 0 aromatic heterocycles. The van der Waals surface area contributed by atoms with Crippen LogP contribution in [0.15, 0.2) is 24.3 Å². The number of hydrogen-bond acceptors (Lipinski definition) is 4. The summed E-state index contributed by atoms with van der Waals surface area (Å²) in [6.45, 7) is 2.01. The number of nitrogens with zero attached hydrogens (tertiary/aromatic N) is 1. The van der Waals surface area contributed by atoms with Crippen molar-refractivity contribution in [3.8, 4) is 11.5 Å². The van der Waals surface area contributed by atoms with Gasteiger partial charge in [0.2, 0.25) is 5.91 Å². The van der Waals surface area contributed by atoms with E-state index in [1.807, 2.05) is 24.3 Å². The number of nitrogens with two attached hydrogens (primary N) is 1. The molecule has 0 unspecified atom stereocenters. The van der Waals surface area contributed by atoms with Gasteiger partial charge in [0.05, 0.1) is 19.6 Å². The number of ether oxygens (including phenoxy) is 2. The number of carbonyl (C=O) groups excluding carboxylic acids is 2. The molecule has 1 aliphatic rings. The predicted octanol–water partition coefficient (Wildman–Crippen LogP) is 0.981. The van der Waals surface area contributed by atoms with Gasteiger partial charge in [-0.05, 0) is 37.1 Å². The van der Waals surface area contributed by atoms with Crippen molar-refractivity contribution in [1.29, 1.82) is 0 Å². The molecule has 0 bridgehead atoms. The molecule has 1 aromatic carbocycles. The molecule has 2 rings (SSSR count). The first-order valence-corrected chi connectivity index (χ1v) is 7.69. The second-order valence-corrected chi connectivity index (χ2v) is 5.44. The highest BCUT2D eigenvalue weighted by Gasteiger charge is 2.29. The lowest BCUT2D eigenvalue weighted by Gasteiger charge is -2.16. The number of benzene rings is 1. The highest BCUT2D eigenvalue weighted by molar-refractivity contribution is 5.80. The fourth-order valence-corrected chi connectivity index (χ4v) is 2.42. The van der Waals surface area contributed by atoms with Crippen LogP contribution in [0, 0.1) is 5.92 Å². The molecular formula is C16H23N3O4. The average Bonchev–Trinajstić information content (AvgIpc) is 3.05. The summed E-state index contributed by atoms with van der Waals surface area (Å²) in [5, 5.41) is 2.82. The number of urea groups is 1. The van der Waals surface area contributed by atoms with Crippen molar-refractivity contribution < 1.29 is 19.1 Å². The van der Waals surface area contributed by atoms with E-state index in [2.05, 4.69) is 5.32 Å². The number of primary amides is 1. The standard InChI is InChI=1S/C16H23N3O4/c1-22-13-3-5-14(6-4-13)23-10-2-8-18-16(21)19-9-7-12(11-19)15(17)20/h3-6,12H,2,7-11H2,1H3,(H2,17,20)(H,18,21)/t12-/m0/s1. The Balaban J connectivity index is 1.60. The van der Waals surface area contributed by atoms with Crippen molar-refractivity contribution >= 4 is 11.9 Å². The van der Waals surface area contributed by atoms with Gasteiger partial charge in [-0.1, -0.05) is 0 Å². The summed E-state index contributed by atoms with van der Waals surface area (Å²) in [5.74, 6) is 0.984. The van der Waals surface area contributed by atoms with Crippen molar-refractivity contribution in [1.82, 2.24) is 10.2 Å². The van der Waals surface area contributed by atoms with Crippen LogP contribution < -0.4 is 20.5 Å². The van der Waals surface area contributed by atoms with Crippen LogP contribution in [0.1, 0.15) is 12.8 Å². The molecule has 0 aliphatic carbocycles. The minimum atomic E-state index is -0.340. The SMILES string of the molecule is COc1ccc(OCCCNC(=O)N2CC[C@H](C(N)=O)C2)cc1. The number of rotatable bonds is 7. The first-order valence-electron chi connectivity index (χ1n) is 7.69. The highest BCUT2D eigenvalue weighted by Crippen LogP contribution is 2.17. The minimum Gasteiger partial charge on any atom is -0.497 e. The molecule has 1 aliphatic heterocycles. The number of hydrogen-bond donors (Lipinski definition) is 2. The Morgan fingerprint density at radius 2 is 2.00 bits per heavy atom. The fraction of sp³-hybridized carbons (Fsp3) is 0.500. The maximum absolute atomic E-state index is 11.9. The van der Waals surface area contributed by atoms with E-state index >= 15 is 0 Å². The lowest BCUT2D eigenvalue weighted by Crippen LogP contribution is -2.40. The van der Waals surface area contributed by atoms with E-state index in [0.29, 0.717) is 39.1 Å². The van der Waals surface area contributed by atoms with E-state index in [0.717, 1.165) is 11.5 Å². The number of likely N-dealkylation sites (tertiary alicyclic amines) is 1. The maximum Gasteiger partial charge on any atom is 0.317 e. The quantitative estimate of drug-likeness (QED) is 0.732. The first kappa shape index (κ1) is 16.9. The van der Waals surface area contributed by atoms with Crippen LogP contribution in [0.4, 0.5) is 4.79 Å². The van der Waals surface area contributed by atoms with Gasteiger partial charge in [-0.2, -0.15) is 0 Å². The Morgan fingerprint density at radius 1 is 1.30 bits per heavy atom. The van der Waals surface area contributed by atoms with Gasteiger partial charge < -0.3 is 25.4 Å². The molecule has 0 spiro atoms.